The van der Waals surface area contributed by atoms with Crippen LogP contribution in [0.1, 0.15) is 10.5 Å². The van der Waals surface area contributed by atoms with Crippen molar-refractivity contribution in [3.8, 4) is 10.6 Å². The average molecular weight is 418 g/mol. The molecule has 0 unspecified atom stereocenters. The Kier molecular flexibility index (Phi) is 5.53. The van der Waals surface area contributed by atoms with Crippen LogP contribution in [0.25, 0.3) is 10.6 Å². The first-order valence-corrected chi connectivity index (χ1v) is 9.94. The molecule has 0 aliphatic rings. The molecule has 150 valence electrons. The number of nitrogens with one attached hydrogen (secondary N) is 3. The number of carbonyl (C=O) groups is 2. The van der Waals surface area contributed by atoms with Crippen molar-refractivity contribution in [2.75, 3.05) is 16.0 Å². The van der Waals surface area contributed by atoms with Gasteiger partial charge in [-0.2, -0.15) is 5.10 Å². The Balaban J connectivity index is 1.34. The number of para-hydroxylation sites is 1. The van der Waals surface area contributed by atoms with Gasteiger partial charge in [0.05, 0.1) is 6.20 Å². The Morgan fingerprint density at radius 2 is 1.53 bits per heavy atom. The van der Waals surface area contributed by atoms with Crippen molar-refractivity contribution in [2.24, 2.45) is 7.05 Å². The van der Waals surface area contributed by atoms with Crippen LogP contribution >= 0.6 is 11.3 Å². The molecule has 0 bridgehead atoms. The van der Waals surface area contributed by atoms with Crippen molar-refractivity contribution in [1.82, 2.24) is 14.8 Å². The quantitative estimate of drug-likeness (QED) is 0.446. The van der Waals surface area contributed by atoms with Crippen LogP contribution in [0.2, 0.25) is 0 Å². The number of thiazole rings is 1. The Hall–Kier alpha value is -3.98. The van der Waals surface area contributed by atoms with Gasteiger partial charge in [0.2, 0.25) is 0 Å². The minimum Gasteiger partial charge on any atom is -0.321 e. The maximum Gasteiger partial charge on any atom is 0.323 e. The molecule has 3 amide bonds. The molecule has 8 nitrogen and oxygen atoms in total. The third-order valence-corrected chi connectivity index (χ3v) is 5.01. The van der Waals surface area contributed by atoms with Crippen molar-refractivity contribution in [2.45, 2.75) is 0 Å². The van der Waals surface area contributed by atoms with Crippen LogP contribution in [0.4, 0.5) is 21.9 Å². The van der Waals surface area contributed by atoms with Crippen LogP contribution in [-0.4, -0.2) is 26.7 Å². The summed E-state index contributed by atoms with van der Waals surface area (Å²) in [5.41, 5.74) is 3.11. The molecule has 2 aromatic heterocycles. The van der Waals surface area contributed by atoms with Gasteiger partial charge in [-0.05, 0) is 36.4 Å². The van der Waals surface area contributed by atoms with Crippen LogP contribution in [0.15, 0.2) is 72.4 Å². The second kappa shape index (κ2) is 8.58. The number of aryl methyl sites for hydroxylation is 1. The largest absolute Gasteiger partial charge is 0.323 e. The number of hydrogen-bond acceptors (Lipinski definition) is 5. The third kappa shape index (κ3) is 4.70. The Bertz CT molecular complexity index is 1170. The van der Waals surface area contributed by atoms with E-state index in [4.69, 9.17) is 0 Å². The first-order valence-electron chi connectivity index (χ1n) is 9.06. The summed E-state index contributed by atoms with van der Waals surface area (Å²) < 4.78 is 1.69. The standard InChI is InChI=1S/C21H18N6O2S/c1-27-12-14(11-22-27)20-26-18(13-30-20)19(28)23-16-7-9-17(10-8-16)25-21(29)24-15-5-3-2-4-6-15/h2-13H,1H3,(H,23,28)(H2,24,25,29). The van der Waals surface area contributed by atoms with Crippen molar-refractivity contribution in [3.63, 3.8) is 0 Å². The highest BCUT2D eigenvalue weighted by molar-refractivity contribution is 7.13. The van der Waals surface area contributed by atoms with E-state index < -0.39 is 0 Å². The Labute approximate surface area is 176 Å². The molecular formula is C21H18N6O2S. The molecule has 2 heterocycles. The topological polar surface area (TPSA) is 101 Å². The van der Waals surface area contributed by atoms with Gasteiger partial charge in [-0.1, -0.05) is 18.2 Å². The van der Waals surface area contributed by atoms with Gasteiger partial charge in [0, 0.05) is 41.3 Å². The third-order valence-electron chi connectivity index (χ3n) is 4.12. The SMILES string of the molecule is Cn1cc(-c2nc(C(=O)Nc3ccc(NC(=O)Nc4ccccc4)cc3)cs2)cn1. The first-order chi connectivity index (χ1) is 14.6. The normalized spacial score (nSPS) is 10.4. The number of nitrogens with zero attached hydrogens (tertiary/aromatic N) is 3. The molecule has 0 fully saturated rings. The van der Waals surface area contributed by atoms with Crippen LogP contribution in [0.5, 0.6) is 0 Å². The molecule has 2 aromatic carbocycles. The fourth-order valence-electron chi connectivity index (χ4n) is 2.69. The lowest BCUT2D eigenvalue weighted by Gasteiger charge is -2.09. The van der Waals surface area contributed by atoms with E-state index in [1.54, 1.807) is 52.7 Å². The summed E-state index contributed by atoms with van der Waals surface area (Å²) in [6, 6.07) is 15.7. The van der Waals surface area contributed by atoms with Gasteiger partial charge in [-0.25, -0.2) is 9.78 Å². The minimum atomic E-state index is -0.344. The molecule has 3 N–H and O–H groups in total. The Morgan fingerprint density at radius 3 is 2.17 bits per heavy atom. The number of urea groups is 1. The fraction of sp³-hybridized carbons (Fsp3) is 0.0476. The zero-order valence-electron chi connectivity index (χ0n) is 16.0. The summed E-state index contributed by atoms with van der Waals surface area (Å²) in [6.45, 7) is 0. The summed E-state index contributed by atoms with van der Waals surface area (Å²) in [5.74, 6) is -0.302. The smallest absolute Gasteiger partial charge is 0.321 e. The maximum absolute atomic E-state index is 12.5. The fourth-order valence-corrected chi connectivity index (χ4v) is 3.46. The zero-order valence-corrected chi connectivity index (χ0v) is 16.8. The number of hydrogen-bond donors (Lipinski definition) is 3. The predicted molar refractivity (Wildman–Crippen MR) is 118 cm³/mol. The van der Waals surface area contributed by atoms with Crippen LogP contribution < -0.4 is 16.0 Å². The summed E-state index contributed by atoms with van der Waals surface area (Å²) >= 11 is 1.39. The number of amides is 3. The molecule has 9 heteroatoms. The van der Waals surface area contributed by atoms with E-state index >= 15 is 0 Å². The van der Waals surface area contributed by atoms with Crippen molar-refractivity contribution >= 4 is 40.3 Å². The van der Waals surface area contributed by atoms with E-state index in [2.05, 4.69) is 26.0 Å². The molecule has 0 saturated heterocycles. The van der Waals surface area contributed by atoms with Gasteiger partial charge in [0.25, 0.3) is 5.91 Å². The molecular weight excluding hydrogens is 400 g/mol. The average Bonchev–Trinajstić information content (AvgIpc) is 3.39. The number of rotatable bonds is 5. The van der Waals surface area contributed by atoms with E-state index in [9.17, 15) is 9.59 Å². The maximum atomic E-state index is 12.5. The molecule has 4 rings (SSSR count). The van der Waals surface area contributed by atoms with Gasteiger partial charge in [0.15, 0.2) is 0 Å². The minimum absolute atomic E-state index is 0.302. The van der Waals surface area contributed by atoms with Crippen LogP contribution in [0, 0.1) is 0 Å². The van der Waals surface area contributed by atoms with Crippen LogP contribution in [0.3, 0.4) is 0 Å². The molecule has 0 aliphatic carbocycles. The molecule has 30 heavy (non-hydrogen) atoms. The lowest BCUT2D eigenvalue weighted by Crippen LogP contribution is -2.19. The zero-order chi connectivity index (χ0) is 20.9. The molecule has 0 saturated carbocycles. The highest BCUT2D eigenvalue weighted by atomic mass is 32.1. The van der Waals surface area contributed by atoms with E-state index in [-0.39, 0.29) is 11.9 Å². The number of benzene rings is 2. The highest BCUT2D eigenvalue weighted by Crippen LogP contribution is 2.23. The summed E-state index contributed by atoms with van der Waals surface area (Å²) in [7, 11) is 1.83. The molecule has 0 radical (unpaired) electrons. The summed E-state index contributed by atoms with van der Waals surface area (Å²) in [6.07, 6.45) is 3.56. The van der Waals surface area contributed by atoms with Gasteiger partial charge in [-0.15, -0.1) is 11.3 Å². The van der Waals surface area contributed by atoms with E-state index in [0.717, 1.165) is 10.6 Å². The van der Waals surface area contributed by atoms with E-state index in [0.29, 0.717) is 22.8 Å². The molecule has 0 aliphatic heterocycles. The monoisotopic (exact) mass is 418 g/mol. The van der Waals surface area contributed by atoms with Crippen molar-refractivity contribution < 1.29 is 9.59 Å². The summed E-state index contributed by atoms with van der Waals surface area (Å²) in [4.78, 5) is 28.9. The lowest BCUT2D eigenvalue weighted by molar-refractivity contribution is 0.102. The van der Waals surface area contributed by atoms with Gasteiger partial charge in [0.1, 0.15) is 10.7 Å². The Morgan fingerprint density at radius 1 is 0.900 bits per heavy atom. The molecule has 0 spiro atoms. The number of carbonyl (C=O) groups excluding carboxylic acids is 2. The van der Waals surface area contributed by atoms with E-state index in [1.807, 2.05) is 31.4 Å². The van der Waals surface area contributed by atoms with Gasteiger partial charge >= 0.3 is 6.03 Å². The number of anilines is 3. The van der Waals surface area contributed by atoms with Crippen LogP contribution in [-0.2, 0) is 7.05 Å². The summed E-state index contributed by atoms with van der Waals surface area (Å²) in [5, 5.41) is 14.9. The lowest BCUT2D eigenvalue weighted by atomic mass is 10.2. The molecule has 4 aromatic rings. The highest BCUT2D eigenvalue weighted by Gasteiger charge is 2.13. The number of aromatic nitrogens is 3. The molecule has 0 atom stereocenters. The van der Waals surface area contributed by atoms with E-state index in [1.165, 1.54) is 11.3 Å². The van der Waals surface area contributed by atoms with Gasteiger partial charge < -0.3 is 16.0 Å². The first kappa shape index (κ1) is 19.3. The van der Waals surface area contributed by atoms with Crippen molar-refractivity contribution in [3.05, 3.63) is 78.1 Å². The predicted octanol–water partition coefficient (Wildman–Crippen LogP) is 4.44. The van der Waals surface area contributed by atoms with Crippen molar-refractivity contribution in [1.29, 1.82) is 0 Å². The van der Waals surface area contributed by atoms with Gasteiger partial charge in [-0.3, -0.25) is 9.48 Å². The second-order valence-electron chi connectivity index (χ2n) is 6.42. The second-order valence-corrected chi connectivity index (χ2v) is 7.28.